The largest absolute Gasteiger partial charge is 0.507 e. The summed E-state index contributed by atoms with van der Waals surface area (Å²) in [6, 6.07) is 5.37. The van der Waals surface area contributed by atoms with E-state index in [0.29, 0.717) is 5.69 Å². The number of carboxylic acid groups (broad SMARTS) is 1. The number of hydrogen-bond donors (Lipinski definition) is 3. The molecule has 0 saturated carbocycles. The van der Waals surface area contributed by atoms with E-state index in [4.69, 9.17) is 4.74 Å². The topological polar surface area (TPSA) is 129 Å². The van der Waals surface area contributed by atoms with Gasteiger partial charge in [0.25, 0.3) is 0 Å². The Labute approximate surface area is 153 Å². The third-order valence-electron chi connectivity index (χ3n) is 4.43. The van der Waals surface area contributed by atoms with E-state index in [2.05, 4.69) is 0 Å². The maximum absolute atomic E-state index is 12.3. The molecule has 0 aliphatic carbocycles. The molecular formula is C18H18N2O7. The molecule has 2 heterocycles. The molecular weight excluding hydrogens is 356 g/mol. The molecule has 2 aromatic rings. The first-order valence-corrected chi connectivity index (χ1v) is 8.16. The van der Waals surface area contributed by atoms with Gasteiger partial charge in [0.1, 0.15) is 29.7 Å². The first-order valence-electron chi connectivity index (χ1n) is 8.16. The average Bonchev–Trinajstić information content (AvgIpc) is 2.57. The van der Waals surface area contributed by atoms with Crippen LogP contribution in [0.1, 0.15) is 16.1 Å². The zero-order valence-electron chi connectivity index (χ0n) is 14.5. The second kappa shape index (κ2) is 7.02. The number of pyridine rings is 1. The number of aromatic carboxylic acids is 1. The number of rotatable bonds is 5. The molecule has 27 heavy (non-hydrogen) atoms. The van der Waals surface area contributed by atoms with Crippen molar-refractivity contribution in [1.82, 2.24) is 9.47 Å². The van der Waals surface area contributed by atoms with E-state index in [1.165, 1.54) is 39.9 Å². The van der Waals surface area contributed by atoms with Crippen molar-refractivity contribution >= 4 is 11.9 Å². The van der Waals surface area contributed by atoms with Crippen LogP contribution in [0.2, 0.25) is 0 Å². The zero-order valence-corrected chi connectivity index (χ0v) is 14.5. The Morgan fingerprint density at radius 3 is 2.59 bits per heavy atom. The fourth-order valence-electron chi connectivity index (χ4n) is 2.81. The maximum atomic E-state index is 12.3. The molecule has 1 amide bonds. The molecule has 3 N–H and O–H groups in total. The Kier molecular flexibility index (Phi) is 4.76. The summed E-state index contributed by atoms with van der Waals surface area (Å²) in [5.41, 5.74) is -0.523. The molecule has 0 radical (unpaired) electrons. The van der Waals surface area contributed by atoms with Crippen molar-refractivity contribution in [1.29, 1.82) is 0 Å². The van der Waals surface area contributed by atoms with Gasteiger partial charge in [-0.2, -0.15) is 0 Å². The summed E-state index contributed by atoms with van der Waals surface area (Å²) in [7, 11) is 0. The van der Waals surface area contributed by atoms with Crippen LogP contribution in [-0.2, 0) is 11.3 Å². The van der Waals surface area contributed by atoms with E-state index in [0.717, 1.165) is 0 Å². The Hall–Kier alpha value is -3.49. The Bertz CT molecular complexity index is 961. The number of likely N-dealkylation sites (tertiary alicyclic amines) is 1. The van der Waals surface area contributed by atoms with Gasteiger partial charge in [-0.25, -0.2) is 4.79 Å². The minimum atomic E-state index is -1.30. The summed E-state index contributed by atoms with van der Waals surface area (Å²) in [5.74, 6) is -2.26. The standard InChI is InChI=1S/C18H18N2O7/c1-10-17(24)13(22)5-6-19(10)9-15(23)20-7-11(8-20)27-14-4-2-3-12(21)16(14)18(25)26/h2-6,11,21,24H,7-9H2,1H3,(H,25,26). The van der Waals surface area contributed by atoms with Gasteiger partial charge in [0.05, 0.1) is 18.8 Å². The monoisotopic (exact) mass is 374 g/mol. The normalized spacial score (nSPS) is 13.9. The van der Waals surface area contributed by atoms with Gasteiger partial charge in [-0.1, -0.05) is 6.07 Å². The fraction of sp³-hybridized carbons (Fsp3) is 0.278. The van der Waals surface area contributed by atoms with Crippen LogP contribution in [0.15, 0.2) is 35.3 Å². The third kappa shape index (κ3) is 3.57. The number of ether oxygens (including phenoxy) is 1. The number of carboxylic acids is 1. The molecule has 1 fully saturated rings. The number of nitrogens with zero attached hydrogens (tertiary/aromatic N) is 2. The molecule has 3 rings (SSSR count). The molecule has 1 aliphatic heterocycles. The smallest absolute Gasteiger partial charge is 0.343 e. The molecule has 0 bridgehead atoms. The summed E-state index contributed by atoms with van der Waals surface area (Å²) in [4.78, 5) is 36.4. The number of hydrogen-bond acceptors (Lipinski definition) is 6. The SMILES string of the molecule is Cc1c(O)c(=O)ccn1CC(=O)N1CC(Oc2cccc(O)c2C(=O)O)C1. The summed E-state index contributed by atoms with van der Waals surface area (Å²) < 4.78 is 7.07. The van der Waals surface area contributed by atoms with Crippen molar-refractivity contribution in [3.05, 3.63) is 51.9 Å². The van der Waals surface area contributed by atoms with Crippen molar-refractivity contribution in [2.75, 3.05) is 13.1 Å². The number of aromatic nitrogens is 1. The Balaban J connectivity index is 1.61. The van der Waals surface area contributed by atoms with Crippen LogP contribution in [0.25, 0.3) is 0 Å². The van der Waals surface area contributed by atoms with Crippen LogP contribution in [0.3, 0.4) is 0 Å². The van der Waals surface area contributed by atoms with Crippen molar-refractivity contribution < 1.29 is 29.6 Å². The summed E-state index contributed by atoms with van der Waals surface area (Å²) >= 11 is 0. The van der Waals surface area contributed by atoms with Crippen molar-refractivity contribution in [3.8, 4) is 17.2 Å². The van der Waals surface area contributed by atoms with Crippen molar-refractivity contribution in [2.24, 2.45) is 0 Å². The molecule has 1 saturated heterocycles. The van der Waals surface area contributed by atoms with Crippen LogP contribution in [0.5, 0.6) is 17.2 Å². The van der Waals surface area contributed by atoms with Gasteiger partial charge >= 0.3 is 5.97 Å². The predicted molar refractivity (Wildman–Crippen MR) is 93.2 cm³/mol. The minimum absolute atomic E-state index is 0.0424. The van der Waals surface area contributed by atoms with Crippen molar-refractivity contribution in [3.63, 3.8) is 0 Å². The number of benzene rings is 1. The Morgan fingerprint density at radius 2 is 1.93 bits per heavy atom. The third-order valence-corrected chi connectivity index (χ3v) is 4.43. The number of phenols is 1. The first-order chi connectivity index (χ1) is 12.8. The van der Waals surface area contributed by atoms with Gasteiger partial charge in [0.15, 0.2) is 5.75 Å². The average molecular weight is 374 g/mol. The van der Waals surface area contributed by atoms with E-state index in [1.54, 1.807) is 6.92 Å². The van der Waals surface area contributed by atoms with E-state index < -0.39 is 17.5 Å². The van der Waals surface area contributed by atoms with Crippen LogP contribution in [0.4, 0.5) is 0 Å². The Morgan fingerprint density at radius 1 is 1.22 bits per heavy atom. The van der Waals surface area contributed by atoms with E-state index >= 15 is 0 Å². The molecule has 142 valence electrons. The summed E-state index contributed by atoms with van der Waals surface area (Å²) in [6.45, 7) is 2.03. The van der Waals surface area contributed by atoms with Crippen LogP contribution >= 0.6 is 0 Å². The van der Waals surface area contributed by atoms with E-state index in [1.807, 2.05) is 0 Å². The van der Waals surface area contributed by atoms with E-state index in [-0.39, 0.29) is 48.4 Å². The molecule has 0 spiro atoms. The van der Waals surface area contributed by atoms with E-state index in [9.17, 15) is 29.7 Å². The second-order valence-corrected chi connectivity index (χ2v) is 6.24. The fourth-order valence-corrected chi connectivity index (χ4v) is 2.81. The molecule has 0 unspecified atom stereocenters. The lowest BCUT2D eigenvalue weighted by Crippen LogP contribution is -2.57. The highest BCUT2D eigenvalue weighted by Gasteiger charge is 2.33. The molecule has 1 aromatic heterocycles. The summed E-state index contributed by atoms with van der Waals surface area (Å²) in [6.07, 6.45) is 1.05. The highest BCUT2D eigenvalue weighted by Crippen LogP contribution is 2.29. The second-order valence-electron chi connectivity index (χ2n) is 6.24. The predicted octanol–water partition coefficient (Wildman–Crippen LogP) is 0.556. The van der Waals surface area contributed by atoms with Gasteiger partial charge in [-0.15, -0.1) is 0 Å². The van der Waals surface area contributed by atoms with Gasteiger partial charge in [0, 0.05) is 12.3 Å². The van der Waals surface area contributed by atoms with Gasteiger partial charge in [-0.05, 0) is 19.1 Å². The summed E-state index contributed by atoms with van der Waals surface area (Å²) in [5, 5.41) is 28.5. The number of carbonyl (C=O) groups excluding carboxylic acids is 1. The highest BCUT2D eigenvalue weighted by molar-refractivity contribution is 5.94. The number of amides is 1. The molecule has 0 atom stereocenters. The van der Waals surface area contributed by atoms with Gasteiger partial charge in [-0.3, -0.25) is 9.59 Å². The van der Waals surface area contributed by atoms with Gasteiger partial charge in [0.2, 0.25) is 11.3 Å². The molecule has 1 aliphatic rings. The first kappa shape index (κ1) is 18.3. The van der Waals surface area contributed by atoms with Crippen molar-refractivity contribution in [2.45, 2.75) is 19.6 Å². The van der Waals surface area contributed by atoms with Gasteiger partial charge < -0.3 is 29.5 Å². The highest BCUT2D eigenvalue weighted by atomic mass is 16.5. The quantitative estimate of drug-likeness (QED) is 0.697. The van der Waals surface area contributed by atoms with Crippen LogP contribution in [-0.4, -0.2) is 55.9 Å². The zero-order chi connectivity index (χ0) is 19.7. The van der Waals surface area contributed by atoms with Crippen LogP contribution in [0, 0.1) is 6.92 Å². The lowest BCUT2D eigenvalue weighted by atomic mass is 10.1. The number of carbonyl (C=O) groups is 2. The lowest BCUT2D eigenvalue weighted by molar-refractivity contribution is -0.140. The molecule has 1 aromatic carbocycles. The number of aromatic hydroxyl groups is 2. The lowest BCUT2D eigenvalue weighted by Gasteiger charge is -2.39. The maximum Gasteiger partial charge on any atom is 0.343 e. The van der Waals surface area contributed by atoms with Crippen LogP contribution < -0.4 is 10.2 Å². The minimum Gasteiger partial charge on any atom is -0.507 e. The molecule has 9 nitrogen and oxygen atoms in total. The molecule has 9 heteroatoms.